The van der Waals surface area contributed by atoms with Gasteiger partial charge in [0.25, 0.3) is 0 Å². The average molecular weight is 358 g/mol. The minimum atomic E-state index is -0.647. The number of piperidine rings is 1. The van der Waals surface area contributed by atoms with Crippen molar-refractivity contribution < 1.29 is 9.66 Å². The molecule has 138 valence electrons. The van der Waals surface area contributed by atoms with Gasteiger partial charge in [-0.2, -0.15) is 0 Å². The van der Waals surface area contributed by atoms with Crippen LogP contribution in [0.1, 0.15) is 30.1 Å². The molecule has 4 N–H and O–H groups in total. The van der Waals surface area contributed by atoms with Crippen molar-refractivity contribution in [1.82, 2.24) is 14.9 Å². The van der Waals surface area contributed by atoms with Crippen LogP contribution in [-0.2, 0) is 6.54 Å². The summed E-state index contributed by atoms with van der Waals surface area (Å²) in [6.07, 6.45) is 1.71. The van der Waals surface area contributed by atoms with Crippen LogP contribution in [0.4, 0.5) is 17.3 Å². The van der Waals surface area contributed by atoms with Gasteiger partial charge in [-0.05, 0) is 43.6 Å². The van der Waals surface area contributed by atoms with E-state index < -0.39 is 10.6 Å². The lowest BCUT2D eigenvalue weighted by atomic mass is 9.95. The van der Waals surface area contributed by atoms with E-state index in [1.807, 2.05) is 12.1 Å². The molecule has 9 heteroatoms. The number of likely N-dealkylation sites (tertiary alicyclic amines) is 1. The smallest absolute Gasteiger partial charge is 0.352 e. The zero-order valence-corrected chi connectivity index (χ0v) is 14.6. The van der Waals surface area contributed by atoms with Crippen LogP contribution in [0.15, 0.2) is 24.3 Å². The van der Waals surface area contributed by atoms with Gasteiger partial charge in [0.2, 0.25) is 11.6 Å². The highest BCUT2D eigenvalue weighted by molar-refractivity contribution is 5.65. The molecule has 1 saturated heterocycles. The summed E-state index contributed by atoms with van der Waals surface area (Å²) in [5, 5.41) is 10.9. The SMILES string of the molecule is COc1ccc(CN2CCC(c3nc(N)c([N+](=O)[O-])c(N)n3)CC2)cc1. The summed E-state index contributed by atoms with van der Waals surface area (Å²) in [5.74, 6) is 1.11. The van der Waals surface area contributed by atoms with E-state index in [9.17, 15) is 10.1 Å². The van der Waals surface area contributed by atoms with Gasteiger partial charge >= 0.3 is 5.69 Å². The number of ether oxygens (including phenoxy) is 1. The van der Waals surface area contributed by atoms with Gasteiger partial charge in [-0.3, -0.25) is 15.0 Å². The van der Waals surface area contributed by atoms with E-state index in [-0.39, 0.29) is 17.6 Å². The number of methoxy groups -OCH3 is 1. The third-order valence-electron chi connectivity index (χ3n) is 4.66. The molecule has 1 fully saturated rings. The second kappa shape index (κ2) is 7.52. The van der Waals surface area contributed by atoms with E-state index in [0.717, 1.165) is 38.2 Å². The minimum absolute atomic E-state index is 0.104. The Morgan fingerprint density at radius 1 is 1.19 bits per heavy atom. The molecule has 0 aliphatic carbocycles. The number of nitrogens with zero attached hydrogens (tertiary/aromatic N) is 4. The number of nitrogens with two attached hydrogens (primary N) is 2. The van der Waals surface area contributed by atoms with Crippen molar-refractivity contribution in [2.75, 3.05) is 31.7 Å². The molecule has 0 saturated carbocycles. The van der Waals surface area contributed by atoms with E-state index in [2.05, 4.69) is 27.0 Å². The first-order valence-electron chi connectivity index (χ1n) is 8.40. The van der Waals surface area contributed by atoms with E-state index in [1.54, 1.807) is 7.11 Å². The zero-order valence-electron chi connectivity index (χ0n) is 14.6. The first-order chi connectivity index (χ1) is 12.5. The number of nitro groups is 1. The highest BCUT2D eigenvalue weighted by Crippen LogP contribution is 2.31. The van der Waals surface area contributed by atoms with Gasteiger partial charge in [0.1, 0.15) is 11.6 Å². The molecular formula is C17H22N6O3. The highest BCUT2D eigenvalue weighted by Gasteiger charge is 2.27. The second-order valence-electron chi connectivity index (χ2n) is 6.36. The van der Waals surface area contributed by atoms with Gasteiger partial charge in [-0.15, -0.1) is 0 Å². The molecule has 1 aliphatic heterocycles. The maximum absolute atomic E-state index is 10.9. The number of hydrogen-bond donors (Lipinski definition) is 2. The van der Waals surface area contributed by atoms with Crippen LogP contribution in [-0.4, -0.2) is 40.0 Å². The van der Waals surface area contributed by atoms with Crippen LogP contribution in [0.25, 0.3) is 0 Å². The van der Waals surface area contributed by atoms with Crippen molar-refractivity contribution in [2.24, 2.45) is 0 Å². The van der Waals surface area contributed by atoms with Crippen molar-refractivity contribution in [3.05, 3.63) is 45.8 Å². The lowest BCUT2D eigenvalue weighted by molar-refractivity contribution is -0.383. The molecule has 0 amide bonds. The molecule has 1 aromatic carbocycles. The van der Waals surface area contributed by atoms with Gasteiger partial charge in [0, 0.05) is 12.5 Å². The molecule has 2 aromatic rings. The normalized spacial score (nSPS) is 15.7. The Balaban J connectivity index is 1.62. The summed E-state index contributed by atoms with van der Waals surface area (Å²) in [6, 6.07) is 8.04. The molecule has 0 radical (unpaired) electrons. The fourth-order valence-corrected chi connectivity index (χ4v) is 3.22. The van der Waals surface area contributed by atoms with Gasteiger partial charge in [-0.25, -0.2) is 9.97 Å². The Hall–Kier alpha value is -2.94. The standard InChI is InChI=1S/C17H22N6O3/c1-26-13-4-2-11(3-5-13)10-22-8-6-12(7-9-22)17-20-15(18)14(23(24)25)16(19)21-17/h2-5,12H,6-10H2,1H3,(H4,18,19,20,21). The average Bonchev–Trinajstić information content (AvgIpc) is 2.62. The molecule has 1 aliphatic rings. The number of aromatic nitrogens is 2. The molecule has 3 rings (SSSR count). The monoisotopic (exact) mass is 358 g/mol. The summed E-state index contributed by atoms with van der Waals surface area (Å²) in [5.41, 5.74) is 12.2. The Bertz CT molecular complexity index is 765. The van der Waals surface area contributed by atoms with Gasteiger partial charge in [0.15, 0.2) is 0 Å². The predicted molar refractivity (Wildman–Crippen MR) is 97.8 cm³/mol. The number of anilines is 2. The summed E-state index contributed by atoms with van der Waals surface area (Å²) in [6.45, 7) is 2.63. The predicted octanol–water partition coefficient (Wildman–Crippen LogP) is 1.94. The zero-order chi connectivity index (χ0) is 18.7. The molecule has 26 heavy (non-hydrogen) atoms. The lowest BCUT2D eigenvalue weighted by Crippen LogP contribution is -2.33. The molecule has 0 unspecified atom stereocenters. The fraction of sp³-hybridized carbons (Fsp3) is 0.412. The maximum atomic E-state index is 10.9. The van der Waals surface area contributed by atoms with Crippen LogP contribution in [0.3, 0.4) is 0 Å². The summed E-state index contributed by atoms with van der Waals surface area (Å²) in [7, 11) is 1.65. The Morgan fingerprint density at radius 3 is 2.27 bits per heavy atom. The minimum Gasteiger partial charge on any atom is -0.497 e. The Labute approximate surface area is 151 Å². The fourth-order valence-electron chi connectivity index (χ4n) is 3.22. The molecular weight excluding hydrogens is 336 g/mol. The van der Waals surface area contributed by atoms with Crippen LogP contribution in [0, 0.1) is 10.1 Å². The topological polar surface area (TPSA) is 133 Å². The van der Waals surface area contributed by atoms with E-state index in [0.29, 0.717) is 5.82 Å². The molecule has 2 heterocycles. The van der Waals surface area contributed by atoms with E-state index in [1.165, 1.54) is 5.56 Å². The number of hydrogen-bond acceptors (Lipinski definition) is 8. The van der Waals surface area contributed by atoms with Crippen LogP contribution < -0.4 is 16.2 Å². The third kappa shape index (κ3) is 3.83. The first kappa shape index (κ1) is 17.9. The van der Waals surface area contributed by atoms with Crippen molar-refractivity contribution in [3.8, 4) is 5.75 Å². The van der Waals surface area contributed by atoms with Crippen molar-refractivity contribution in [2.45, 2.75) is 25.3 Å². The summed E-state index contributed by atoms with van der Waals surface area (Å²) < 4.78 is 5.17. The number of rotatable bonds is 5. The molecule has 0 atom stereocenters. The largest absolute Gasteiger partial charge is 0.497 e. The first-order valence-corrected chi connectivity index (χ1v) is 8.40. The van der Waals surface area contributed by atoms with Crippen LogP contribution >= 0.6 is 0 Å². The molecule has 1 aromatic heterocycles. The lowest BCUT2D eigenvalue weighted by Gasteiger charge is -2.31. The molecule has 9 nitrogen and oxygen atoms in total. The molecule has 0 spiro atoms. The van der Waals surface area contributed by atoms with Gasteiger partial charge < -0.3 is 16.2 Å². The quantitative estimate of drug-likeness (QED) is 0.612. The summed E-state index contributed by atoms with van der Waals surface area (Å²) in [4.78, 5) is 20.9. The Morgan fingerprint density at radius 2 is 1.77 bits per heavy atom. The highest BCUT2D eigenvalue weighted by atomic mass is 16.6. The Kier molecular flexibility index (Phi) is 5.17. The second-order valence-corrected chi connectivity index (χ2v) is 6.36. The van der Waals surface area contributed by atoms with Crippen LogP contribution in [0.2, 0.25) is 0 Å². The molecule has 0 bridgehead atoms. The van der Waals surface area contributed by atoms with Crippen molar-refractivity contribution >= 4 is 17.3 Å². The number of nitrogen functional groups attached to an aromatic ring is 2. The number of benzene rings is 1. The van der Waals surface area contributed by atoms with E-state index >= 15 is 0 Å². The third-order valence-corrected chi connectivity index (χ3v) is 4.66. The van der Waals surface area contributed by atoms with E-state index in [4.69, 9.17) is 16.2 Å². The van der Waals surface area contributed by atoms with Gasteiger partial charge in [-0.1, -0.05) is 12.1 Å². The maximum Gasteiger partial charge on any atom is 0.352 e. The summed E-state index contributed by atoms with van der Waals surface area (Å²) >= 11 is 0. The van der Waals surface area contributed by atoms with Gasteiger partial charge in [0.05, 0.1) is 12.0 Å². The van der Waals surface area contributed by atoms with Crippen molar-refractivity contribution in [1.29, 1.82) is 0 Å². The van der Waals surface area contributed by atoms with Crippen molar-refractivity contribution in [3.63, 3.8) is 0 Å². The van der Waals surface area contributed by atoms with Crippen LogP contribution in [0.5, 0.6) is 5.75 Å².